The van der Waals surface area contributed by atoms with Crippen LogP contribution in [0.15, 0.2) is 65.3 Å². The zero-order chi connectivity index (χ0) is 17.5. The van der Waals surface area contributed by atoms with Gasteiger partial charge in [-0.2, -0.15) is 0 Å². The molecule has 0 fully saturated rings. The van der Waals surface area contributed by atoms with Gasteiger partial charge < -0.3 is 9.47 Å². The molecule has 2 aromatic rings. The van der Waals surface area contributed by atoms with Gasteiger partial charge in [0.1, 0.15) is 0 Å². The van der Waals surface area contributed by atoms with Gasteiger partial charge in [0.05, 0.1) is 26.0 Å². The van der Waals surface area contributed by atoms with Gasteiger partial charge in [-0.3, -0.25) is 0 Å². The second-order valence-electron chi connectivity index (χ2n) is 5.55. The van der Waals surface area contributed by atoms with E-state index in [-0.39, 0.29) is 17.8 Å². The Morgan fingerprint density at radius 3 is 2.38 bits per heavy atom. The van der Waals surface area contributed by atoms with E-state index in [4.69, 9.17) is 9.47 Å². The van der Waals surface area contributed by atoms with Crippen LogP contribution in [-0.2, 0) is 9.47 Å². The molecule has 3 nitrogen and oxygen atoms in total. The lowest BCUT2D eigenvalue weighted by Crippen LogP contribution is -2.07. The van der Waals surface area contributed by atoms with Crippen LogP contribution >= 0.6 is 15.9 Å². The molecule has 126 valence electrons. The summed E-state index contributed by atoms with van der Waals surface area (Å²) in [5.74, 6) is 0.0563. The molecule has 0 bridgehead atoms. The number of carbonyl (C=O) groups is 1. The molecular weight excluding hydrogens is 368 g/mol. The number of hydrogen-bond donors (Lipinski definition) is 0. The SMILES string of the molecule is CO/C=C\C(c1cccc(Br)c1)C(C)c1ccc(C(=O)OC)cc1. The van der Waals surface area contributed by atoms with Gasteiger partial charge >= 0.3 is 5.97 Å². The van der Waals surface area contributed by atoms with Crippen molar-refractivity contribution < 1.29 is 14.3 Å². The van der Waals surface area contributed by atoms with E-state index in [1.165, 1.54) is 12.7 Å². The number of carbonyl (C=O) groups excluding carboxylic acids is 1. The van der Waals surface area contributed by atoms with E-state index in [1.54, 1.807) is 25.5 Å². The zero-order valence-electron chi connectivity index (χ0n) is 14.0. The first-order valence-corrected chi connectivity index (χ1v) is 8.49. The van der Waals surface area contributed by atoms with E-state index in [0.717, 1.165) is 10.0 Å². The van der Waals surface area contributed by atoms with Crippen LogP contribution in [0, 0.1) is 0 Å². The van der Waals surface area contributed by atoms with Crippen molar-refractivity contribution in [3.63, 3.8) is 0 Å². The standard InChI is InChI=1S/C20H21BrO3/c1-14(15-7-9-16(10-8-15)20(22)24-3)19(11-12-23-2)17-5-4-6-18(21)13-17/h4-14,19H,1-3H3/b12-11-. The lowest BCUT2D eigenvalue weighted by atomic mass is 9.82. The smallest absolute Gasteiger partial charge is 0.337 e. The van der Waals surface area contributed by atoms with Crippen molar-refractivity contribution >= 4 is 21.9 Å². The van der Waals surface area contributed by atoms with Gasteiger partial charge in [0.2, 0.25) is 0 Å². The maximum absolute atomic E-state index is 11.6. The van der Waals surface area contributed by atoms with Crippen LogP contribution < -0.4 is 0 Å². The van der Waals surface area contributed by atoms with E-state index < -0.39 is 0 Å². The molecule has 0 N–H and O–H groups in total. The molecule has 0 aliphatic rings. The van der Waals surface area contributed by atoms with Crippen molar-refractivity contribution in [3.05, 3.63) is 82.0 Å². The van der Waals surface area contributed by atoms with Gasteiger partial charge in [0.15, 0.2) is 0 Å². The highest BCUT2D eigenvalue weighted by Crippen LogP contribution is 2.35. The summed E-state index contributed by atoms with van der Waals surface area (Å²) in [6.45, 7) is 2.17. The van der Waals surface area contributed by atoms with Crippen molar-refractivity contribution in [1.29, 1.82) is 0 Å². The van der Waals surface area contributed by atoms with E-state index >= 15 is 0 Å². The fourth-order valence-corrected chi connectivity index (χ4v) is 3.11. The van der Waals surface area contributed by atoms with E-state index in [0.29, 0.717) is 5.56 Å². The minimum Gasteiger partial charge on any atom is -0.505 e. The molecular formula is C20H21BrO3. The molecule has 0 aromatic heterocycles. The van der Waals surface area contributed by atoms with E-state index in [9.17, 15) is 4.79 Å². The summed E-state index contributed by atoms with van der Waals surface area (Å²) in [5.41, 5.74) is 2.90. The van der Waals surface area contributed by atoms with E-state index in [2.05, 4.69) is 41.1 Å². The zero-order valence-corrected chi connectivity index (χ0v) is 15.6. The summed E-state index contributed by atoms with van der Waals surface area (Å²) < 4.78 is 10.9. The van der Waals surface area contributed by atoms with Crippen LogP contribution in [-0.4, -0.2) is 20.2 Å². The van der Waals surface area contributed by atoms with Crippen LogP contribution in [0.1, 0.15) is 40.2 Å². The van der Waals surface area contributed by atoms with Gasteiger partial charge in [-0.1, -0.05) is 47.1 Å². The number of methoxy groups -OCH3 is 2. The molecule has 2 atom stereocenters. The largest absolute Gasteiger partial charge is 0.505 e. The number of hydrogen-bond acceptors (Lipinski definition) is 3. The Morgan fingerprint density at radius 1 is 1.08 bits per heavy atom. The Kier molecular flexibility index (Phi) is 6.62. The monoisotopic (exact) mass is 388 g/mol. The highest BCUT2D eigenvalue weighted by molar-refractivity contribution is 9.10. The first-order valence-electron chi connectivity index (χ1n) is 7.70. The first kappa shape index (κ1) is 18.3. The molecule has 0 aliphatic carbocycles. The molecule has 2 rings (SSSR count). The number of benzene rings is 2. The molecule has 4 heteroatoms. The summed E-state index contributed by atoms with van der Waals surface area (Å²) in [4.78, 5) is 11.6. The third kappa shape index (κ3) is 4.48. The molecule has 2 aromatic carbocycles. The predicted octanol–water partition coefficient (Wildman–Crippen LogP) is 5.28. The molecule has 0 heterocycles. The Balaban J connectivity index is 2.32. The van der Waals surface area contributed by atoms with Crippen LogP contribution in [0.5, 0.6) is 0 Å². The molecule has 0 spiro atoms. The minimum absolute atomic E-state index is 0.159. The minimum atomic E-state index is -0.322. The molecule has 0 amide bonds. The first-order chi connectivity index (χ1) is 11.6. The van der Waals surface area contributed by atoms with Crippen LogP contribution in [0.4, 0.5) is 0 Å². The lowest BCUT2D eigenvalue weighted by Gasteiger charge is -2.22. The van der Waals surface area contributed by atoms with E-state index in [1.807, 2.05) is 24.3 Å². The second kappa shape index (κ2) is 8.69. The summed E-state index contributed by atoms with van der Waals surface area (Å²) in [6, 6.07) is 15.8. The van der Waals surface area contributed by atoms with Crippen LogP contribution in [0.3, 0.4) is 0 Å². The third-order valence-corrected chi connectivity index (χ3v) is 4.55. The number of esters is 1. The van der Waals surface area contributed by atoms with Gasteiger partial charge in [-0.05, 0) is 47.4 Å². The molecule has 0 radical (unpaired) electrons. The summed E-state index contributed by atoms with van der Waals surface area (Å²) in [5, 5.41) is 0. The van der Waals surface area contributed by atoms with Crippen molar-refractivity contribution in [2.24, 2.45) is 0 Å². The predicted molar refractivity (Wildman–Crippen MR) is 99.2 cm³/mol. The molecule has 2 unspecified atom stereocenters. The van der Waals surface area contributed by atoms with Gasteiger partial charge in [-0.15, -0.1) is 0 Å². The van der Waals surface area contributed by atoms with Crippen molar-refractivity contribution in [2.45, 2.75) is 18.8 Å². The normalized spacial score (nSPS) is 13.5. The molecule has 0 aliphatic heterocycles. The second-order valence-corrected chi connectivity index (χ2v) is 6.46. The Morgan fingerprint density at radius 2 is 1.79 bits per heavy atom. The highest BCUT2D eigenvalue weighted by atomic mass is 79.9. The number of ether oxygens (including phenoxy) is 2. The quantitative estimate of drug-likeness (QED) is 0.498. The molecule has 0 saturated carbocycles. The fraction of sp³-hybridized carbons (Fsp3) is 0.250. The number of halogens is 1. The summed E-state index contributed by atoms with van der Waals surface area (Å²) >= 11 is 3.53. The Bertz CT molecular complexity index is 707. The Labute approximate surface area is 151 Å². The van der Waals surface area contributed by atoms with Crippen molar-refractivity contribution in [3.8, 4) is 0 Å². The fourth-order valence-electron chi connectivity index (χ4n) is 2.69. The van der Waals surface area contributed by atoms with Crippen LogP contribution in [0.25, 0.3) is 0 Å². The highest BCUT2D eigenvalue weighted by Gasteiger charge is 2.19. The number of rotatable bonds is 6. The van der Waals surface area contributed by atoms with Crippen molar-refractivity contribution in [1.82, 2.24) is 0 Å². The third-order valence-electron chi connectivity index (χ3n) is 4.05. The average molecular weight is 389 g/mol. The topological polar surface area (TPSA) is 35.5 Å². The van der Waals surface area contributed by atoms with Gasteiger partial charge in [-0.25, -0.2) is 4.79 Å². The molecule has 24 heavy (non-hydrogen) atoms. The molecule has 0 saturated heterocycles. The summed E-state index contributed by atoms with van der Waals surface area (Å²) in [6.07, 6.45) is 3.77. The van der Waals surface area contributed by atoms with Gasteiger partial charge in [0.25, 0.3) is 0 Å². The average Bonchev–Trinajstić information content (AvgIpc) is 2.61. The lowest BCUT2D eigenvalue weighted by molar-refractivity contribution is 0.0600. The Hall–Kier alpha value is -2.07. The van der Waals surface area contributed by atoms with Crippen molar-refractivity contribution in [2.75, 3.05) is 14.2 Å². The van der Waals surface area contributed by atoms with Gasteiger partial charge in [0, 0.05) is 10.4 Å². The maximum Gasteiger partial charge on any atom is 0.337 e. The maximum atomic E-state index is 11.6. The van der Waals surface area contributed by atoms with Crippen LogP contribution in [0.2, 0.25) is 0 Å². The summed E-state index contributed by atoms with van der Waals surface area (Å²) in [7, 11) is 3.03. The number of allylic oxidation sites excluding steroid dienone is 1.